The largest absolute Gasteiger partial charge is 0.331 e. The first-order valence-corrected chi connectivity index (χ1v) is 7.96. The van der Waals surface area contributed by atoms with Crippen LogP contribution in [0.3, 0.4) is 0 Å². The summed E-state index contributed by atoms with van der Waals surface area (Å²) in [7, 11) is 0. The third-order valence-corrected chi connectivity index (χ3v) is 3.60. The van der Waals surface area contributed by atoms with Crippen molar-refractivity contribution in [1.29, 1.82) is 0 Å². The molecular weight excluding hydrogens is 290 g/mol. The molecule has 0 atom stereocenters. The lowest BCUT2D eigenvalue weighted by Crippen LogP contribution is -2.38. The van der Waals surface area contributed by atoms with Gasteiger partial charge in [0, 0.05) is 25.2 Å². The second-order valence-corrected chi connectivity index (χ2v) is 5.79. The van der Waals surface area contributed by atoms with E-state index in [1.165, 1.54) is 16.8 Å². The predicted molar refractivity (Wildman–Crippen MR) is 90.2 cm³/mol. The number of benzene rings is 1. The zero-order valence-corrected chi connectivity index (χ0v) is 13.9. The molecule has 0 radical (unpaired) electrons. The lowest BCUT2D eigenvalue weighted by atomic mass is 10.1. The molecule has 0 aliphatic carbocycles. The molecule has 0 fully saturated rings. The van der Waals surface area contributed by atoms with Crippen molar-refractivity contribution in [3.63, 3.8) is 0 Å². The molecule has 2 rings (SSSR count). The normalized spacial score (nSPS) is 10.8. The first kappa shape index (κ1) is 16.9. The van der Waals surface area contributed by atoms with Crippen LogP contribution in [0.25, 0.3) is 0 Å². The maximum absolute atomic E-state index is 12.8. The monoisotopic (exact) mass is 313 g/mol. The highest BCUT2D eigenvalue weighted by Crippen LogP contribution is 2.11. The van der Waals surface area contributed by atoms with Crippen molar-refractivity contribution in [2.75, 3.05) is 0 Å². The molecule has 0 spiro atoms. The summed E-state index contributed by atoms with van der Waals surface area (Å²) in [6.45, 7) is 6.95. The van der Waals surface area contributed by atoms with Crippen LogP contribution in [-0.4, -0.2) is 26.6 Å². The SMILES string of the molecule is CCCn1nc(C(=O)N(Cc2ccccc2)C(C)C)ccc1=O. The number of amides is 1. The first-order valence-electron chi connectivity index (χ1n) is 7.96. The van der Waals surface area contributed by atoms with E-state index < -0.39 is 0 Å². The average Bonchev–Trinajstić information content (AvgIpc) is 2.55. The molecule has 0 aliphatic heterocycles. The molecule has 122 valence electrons. The highest BCUT2D eigenvalue weighted by atomic mass is 16.2. The zero-order chi connectivity index (χ0) is 16.8. The molecule has 0 unspecified atom stereocenters. The van der Waals surface area contributed by atoms with Gasteiger partial charge in [0.25, 0.3) is 11.5 Å². The summed E-state index contributed by atoms with van der Waals surface area (Å²) in [5.74, 6) is -0.159. The molecule has 23 heavy (non-hydrogen) atoms. The van der Waals surface area contributed by atoms with E-state index in [9.17, 15) is 9.59 Å². The van der Waals surface area contributed by atoms with Gasteiger partial charge in [0.2, 0.25) is 0 Å². The van der Waals surface area contributed by atoms with Gasteiger partial charge in [-0.3, -0.25) is 9.59 Å². The number of hydrogen-bond donors (Lipinski definition) is 0. The molecule has 0 aliphatic rings. The smallest absolute Gasteiger partial charge is 0.274 e. The molecule has 5 nitrogen and oxygen atoms in total. The van der Waals surface area contributed by atoms with Crippen molar-refractivity contribution < 1.29 is 4.79 Å². The Labute approximate surface area is 136 Å². The number of aromatic nitrogens is 2. The van der Waals surface area contributed by atoms with Gasteiger partial charge in [-0.05, 0) is 31.9 Å². The van der Waals surface area contributed by atoms with Gasteiger partial charge in [-0.1, -0.05) is 37.3 Å². The average molecular weight is 313 g/mol. The van der Waals surface area contributed by atoms with E-state index in [-0.39, 0.29) is 17.5 Å². The maximum Gasteiger partial charge on any atom is 0.274 e. The van der Waals surface area contributed by atoms with Crippen LogP contribution in [0.1, 0.15) is 43.2 Å². The van der Waals surface area contributed by atoms with E-state index in [1.807, 2.05) is 51.1 Å². The fourth-order valence-electron chi connectivity index (χ4n) is 2.35. The maximum atomic E-state index is 12.8. The first-order chi connectivity index (χ1) is 11.0. The molecule has 0 saturated carbocycles. The number of hydrogen-bond acceptors (Lipinski definition) is 3. The van der Waals surface area contributed by atoms with Crippen LogP contribution in [0.5, 0.6) is 0 Å². The summed E-state index contributed by atoms with van der Waals surface area (Å²) in [5, 5.41) is 4.22. The highest BCUT2D eigenvalue weighted by Gasteiger charge is 2.21. The minimum Gasteiger partial charge on any atom is -0.331 e. The summed E-state index contributed by atoms with van der Waals surface area (Å²) in [5.41, 5.74) is 1.20. The third-order valence-electron chi connectivity index (χ3n) is 3.60. The number of carbonyl (C=O) groups excluding carboxylic acids is 1. The third kappa shape index (κ3) is 4.28. The Hall–Kier alpha value is -2.43. The molecular formula is C18H23N3O2. The van der Waals surface area contributed by atoms with Crippen molar-refractivity contribution in [2.24, 2.45) is 0 Å². The summed E-state index contributed by atoms with van der Waals surface area (Å²) >= 11 is 0. The molecule has 5 heteroatoms. The summed E-state index contributed by atoms with van der Waals surface area (Å²) in [6, 6.07) is 12.8. The number of carbonyl (C=O) groups is 1. The van der Waals surface area contributed by atoms with Gasteiger partial charge in [-0.25, -0.2) is 4.68 Å². The quantitative estimate of drug-likeness (QED) is 0.824. The lowest BCUT2D eigenvalue weighted by molar-refractivity contribution is 0.0681. The Balaban J connectivity index is 2.27. The van der Waals surface area contributed by atoms with Crippen molar-refractivity contribution >= 4 is 5.91 Å². The molecule has 1 aromatic carbocycles. The zero-order valence-electron chi connectivity index (χ0n) is 13.9. The van der Waals surface area contributed by atoms with Crippen LogP contribution in [0.4, 0.5) is 0 Å². The van der Waals surface area contributed by atoms with Crippen molar-refractivity contribution in [3.8, 4) is 0 Å². The van der Waals surface area contributed by atoms with E-state index in [1.54, 1.807) is 4.90 Å². The minimum absolute atomic E-state index is 0.0380. The second kappa shape index (κ2) is 7.72. The van der Waals surface area contributed by atoms with Crippen LogP contribution in [0.2, 0.25) is 0 Å². The topological polar surface area (TPSA) is 55.2 Å². The van der Waals surface area contributed by atoms with Crippen LogP contribution in [0.15, 0.2) is 47.3 Å². The van der Waals surface area contributed by atoms with Gasteiger partial charge in [0.05, 0.1) is 0 Å². The number of nitrogens with zero attached hydrogens (tertiary/aromatic N) is 3. The van der Waals surface area contributed by atoms with E-state index in [0.29, 0.717) is 18.8 Å². The molecule has 0 N–H and O–H groups in total. The van der Waals surface area contributed by atoms with Gasteiger partial charge < -0.3 is 4.90 Å². The van der Waals surface area contributed by atoms with Crippen LogP contribution >= 0.6 is 0 Å². The van der Waals surface area contributed by atoms with E-state index in [4.69, 9.17) is 0 Å². The Kier molecular flexibility index (Phi) is 5.68. The Bertz CT molecular complexity index is 708. The molecule has 1 aromatic heterocycles. The molecule has 2 aromatic rings. The van der Waals surface area contributed by atoms with Crippen LogP contribution in [0, 0.1) is 0 Å². The van der Waals surface area contributed by atoms with Crippen LogP contribution in [-0.2, 0) is 13.1 Å². The fraction of sp³-hybridized carbons (Fsp3) is 0.389. The summed E-state index contributed by atoms with van der Waals surface area (Å²) in [4.78, 5) is 26.3. The van der Waals surface area contributed by atoms with Gasteiger partial charge in [0.1, 0.15) is 5.69 Å². The molecule has 0 bridgehead atoms. The van der Waals surface area contributed by atoms with E-state index in [2.05, 4.69) is 5.10 Å². The number of rotatable bonds is 6. The van der Waals surface area contributed by atoms with Crippen molar-refractivity contribution in [3.05, 3.63) is 64.1 Å². The Morgan fingerprint density at radius 1 is 1.17 bits per heavy atom. The molecule has 1 heterocycles. The van der Waals surface area contributed by atoms with Gasteiger partial charge in [-0.15, -0.1) is 0 Å². The fourth-order valence-corrected chi connectivity index (χ4v) is 2.35. The molecule has 0 saturated heterocycles. The summed E-state index contributed by atoms with van der Waals surface area (Å²) in [6.07, 6.45) is 0.794. The van der Waals surface area contributed by atoms with Gasteiger partial charge >= 0.3 is 0 Å². The van der Waals surface area contributed by atoms with Gasteiger partial charge in [0.15, 0.2) is 0 Å². The Morgan fingerprint density at radius 3 is 2.48 bits per heavy atom. The van der Waals surface area contributed by atoms with E-state index in [0.717, 1.165) is 12.0 Å². The lowest BCUT2D eigenvalue weighted by Gasteiger charge is -2.26. The van der Waals surface area contributed by atoms with Gasteiger partial charge in [-0.2, -0.15) is 5.10 Å². The Morgan fingerprint density at radius 2 is 1.87 bits per heavy atom. The second-order valence-electron chi connectivity index (χ2n) is 5.79. The van der Waals surface area contributed by atoms with Crippen molar-refractivity contribution in [2.45, 2.75) is 46.3 Å². The highest BCUT2D eigenvalue weighted by molar-refractivity contribution is 5.92. The van der Waals surface area contributed by atoms with Crippen molar-refractivity contribution in [1.82, 2.24) is 14.7 Å². The van der Waals surface area contributed by atoms with Crippen LogP contribution < -0.4 is 5.56 Å². The number of aryl methyl sites for hydroxylation is 1. The minimum atomic E-state index is -0.178. The predicted octanol–water partition coefficient (Wildman–Crippen LogP) is 2.70. The molecule has 1 amide bonds. The standard InChI is InChI=1S/C18H23N3O2/c1-4-12-21-17(22)11-10-16(19-21)18(23)20(14(2)3)13-15-8-6-5-7-9-15/h5-11,14H,4,12-13H2,1-3H3. The van der Waals surface area contributed by atoms with E-state index >= 15 is 0 Å². The summed E-state index contributed by atoms with van der Waals surface area (Å²) < 4.78 is 1.36.